The largest absolute Gasteiger partial charge is 0.491 e. The first-order valence-electron chi connectivity index (χ1n) is 5.86. The van der Waals surface area contributed by atoms with Crippen molar-refractivity contribution in [1.29, 1.82) is 0 Å². The van der Waals surface area contributed by atoms with Gasteiger partial charge in [0.15, 0.2) is 0 Å². The summed E-state index contributed by atoms with van der Waals surface area (Å²) in [5.74, 6) is 0.729. The summed E-state index contributed by atoms with van der Waals surface area (Å²) in [6.45, 7) is 2.93. The van der Waals surface area contributed by atoms with E-state index in [9.17, 15) is 4.79 Å². The summed E-state index contributed by atoms with van der Waals surface area (Å²) < 4.78 is 11.1. The van der Waals surface area contributed by atoms with Gasteiger partial charge < -0.3 is 14.8 Å². The fourth-order valence-electron chi connectivity index (χ4n) is 1.80. The van der Waals surface area contributed by atoms with Crippen LogP contribution in [0.3, 0.4) is 0 Å². The van der Waals surface area contributed by atoms with E-state index in [2.05, 4.69) is 5.32 Å². The Balaban J connectivity index is 1.82. The van der Waals surface area contributed by atoms with Crippen molar-refractivity contribution in [3.05, 3.63) is 24.3 Å². The number of ether oxygens (including phenoxy) is 2. The van der Waals surface area contributed by atoms with Crippen LogP contribution in [0.25, 0.3) is 0 Å². The van der Waals surface area contributed by atoms with Crippen LogP contribution in [-0.4, -0.2) is 25.2 Å². The van der Waals surface area contributed by atoms with Gasteiger partial charge in [0.2, 0.25) is 5.91 Å². The first-order chi connectivity index (χ1) is 8.24. The molecule has 1 amide bonds. The van der Waals surface area contributed by atoms with Crippen LogP contribution < -0.4 is 10.1 Å². The summed E-state index contributed by atoms with van der Waals surface area (Å²) in [4.78, 5) is 10.8. The van der Waals surface area contributed by atoms with Gasteiger partial charge in [-0.15, -0.1) is 0 Å². The van der Waals surface area contributed by atoms with Crippen molar-refractivity contribution in [2.24, 2.45) is 0 Å². The Kier molecular flexibility index (Phi) is 3.98. The second-order valence-corrected chi connectivity index (χ2v) is 4.15. The third-order valence-corrected chi connectivity index (χ3v) is 2.63. The molecule has 0 saturated carbocycles. The van der Waals surface area contributed by atoms with E-state index in [0.717, 1.165) is 30.9 Å². The van der Waals surface area contributed by atoms with Crippen LogP contribution in [0.15, 0.2) is 24.3 Å². The Labute approximate surface area is 101 Å². The van der Waals surface area contributed by atoms with Gasteiger partial charge in [0.1, 0.15) is 12.4 Å². The second kappa shape index (κ2) is 5.68. The molecule has 1 unspecified atom stereocenters. The van der Waals surface area contributed by atoms with E-state index < -0.39 is 0 Å². The highest BCUT2D eigenvalue weighted by molar-refractivity contribution is 5.88. The van der Waals surface area contributed by atoms with E-state index in [1.165, 1.54) is 6.92 Å². The third kappa shape index (κ3) is 3.75. The van der Waals surface area contributed by atoms with Crippen molar-refractivity contribution < 1.29 is 14.3 Å². The van der Waals surface area contributed by atoms with Crippen LogP contribution in [0, 0.1) is 0 Å². The molecule has 1 aliphatic heterocycles. The molecular formula is C13H17NO3. The summed E-state index contributed by atoms with van der Waals surface area (Å²) in [6, 6.07) is 7.35. The zero-order chi connectivity index (χ0) is 12.1. The second-order valence-electron chi connectivity index (χ2n) is 4.15. The molecule has 1 aromatic carbocycles. The molecule has 0 bridgehead atoms. The number of nitrogens with one attached hydrogen (secondary N) is 1. The molecular weight excluding hydrogens is 218 g/mol. The van der Waals surface area contributed by atoms with Crippen molar-refractivity contribution in [3.63, 3.8) is 0 Å². The van der Waals surface area contributed by atoms with Gasteiger partial charge in [0, 0.05) is 19.2 Å². The van der Waals surface area contributed by atoms with E-state index in [-0.39, 0.29) is 12.0 Å². The van der Waals surface area contributed by atoms with Gasteiger partial charge in [0.25, 0.3) is 0 Å². The number of rotatable bonds is 4. The van der Waals surface area contributed by atoms with Crippen molar-refractivity contribution >= 4 is 11.6 Å². The van der Waals surface area contributed by atoms with Crippen molar-refractivity contribution in [2.75, 3.05) is 18.5 Å². The van der Waals surface area contributed by atoms with Crippen LogP contribution in [0.5, 0.6) is 5.75 Å². The number of hydrogen-bond donors (Lipinski definition) is 1. The molecule has 1 fully saturated rings. The van der Waals surface area contributed by atoms with Gasteiger partial charge in [-0.05, 0) is 37.1 Å². The van der Waals surface area contributed by atoms with Crippen molar-refractivity contribution in [3.8, 4) is 5.75 Å². The molecule has 1 saturated heterocycles. The standard InChI is InChI=1S/C13H17NO3/c1-10(15)14-11-4-6-12(7-5-11)17-9-13-3-2-8-16-13/h4-7,13H,2-3,8-9H2,1H3,(H,14,15). The van der Waals surface area contributed by atoms with Crippen LogP contribution in [0.4, 0.5) is 5.69 Å². The van der Waals surface area contributed by atoms with Gasteiger partial charge in [0.05, 0.1) is 6.10 Å². The molecule has 1 N–H and O–H groups in total. The van der Waals surface area contributed by atoms with Gasteiger partial charge in [-0.2, -0.15) is 0 Å². The normalized spacial score (nSPS) is 19.0. The van der Waals surface area contributed by atoms with Crippen molar-refractivity contribution in [1.82, 2.24) is 0 Å². The zero-order valence-electron chi connectivity index (χ0n) is 9.94. The molecule has 0 spiro atoms. The average molecular weight is 235 g/mol. The number of carbonyl (C=O) groups excluding carboxylic acids is 1. The number of anilines is 1. The topological polar surface area (TPSA) is 47.6 Å². The highest BCUT2D eigenvalue weighted by Gasteiger charge is 2.15. The SMILES string of the molecule is CC(=O)Nc1ccc(OCC2CCCO2)cc1. The lowest BCUT2D eigenvalue weighted by molar-refractivity contribution is -0.114. The summed E-state index contributed by atoms with van der Waals surface area (Å²) in [7, 11) is 0. The Morgan fingerprint density at radius 3 is 2.82 bits per heavy atom. The Morgan fingerprint density at radius 2 is 2.24 bits per heavy atom. The molecule has 1 aromatic rings. The predicted octanol–water partition coefficient (Wildman–Crippen LogP) is 2.20. The first kappa shape index (κ1) is 11.9. The lowest BCUT2D eigenvalue weighted by Crippen LogP contribution is -2.16. The number of hydrogen-bond acceptors (Lipinski definition) is 3. The number of carbonyl (C=O) groups is 1. The minimum absolute atomic E-state index is 0.0713. The fraction of sp³-hybridized carbons (Fsp3) is 0.462. The molecule has 0 aromatic heterocycles. The highest BCUT2D eigenvalue weighted by Crippen LogP contribution is 2.18. The molecule has 2 rings (SSSR count). The van der Waals surface area contributed by atoms with Gasteiger partial charge >= 0.3 is 0 Å². The van der Waals surface area contributed by atoms with Crippen LogP contribution in [0.2, 0.25) is 0 Å². The highest BCUT2D eigenvalue weighted by atomic mass is 16.5. The Bertz CT molecular complexity index is 369. The lowest BCUT2D eigenvalue weighted by Gasteiger charge is -2.11. The first-order valence-corrected chi connectivity index (χ1v) is 5.86. The molecule has 92 valence electrons. The lowest BCUT2D eigenvalue weighted by atomic mass is 10.2. The average Bonchev–Trinajstić information content (AvgIpc) is 2.80. The van der Waals surface area contributed by atoms with Gasteiger partial charge in [-0.1, -0.05) is 0 Å². The third-order valence-electron chi connectivity index (χ3n) is 2.63. The maximum atomic E-state index is 10.8. The summed E-state index contributed by atoms with van der Waals surface area (Å²) in [6.07, 6.45) is 2.42. The van der Waals surface area contributed by atoms with Gasteiger partial charge in [-0.3, -0.25) is 4.79 Å². The number of benzene rings is 1. The molecule has 1 heterocycles. The summed E-state index contributed by atoms with van der Waals surface area (Å²) >= 11 is 0. The van der Waals surface area contributed by atoms with Crippen LogP contribution >= 0.6 is 0 Å². The molecule has 1 atom stereocenters. The molecule has 0 radical (unpaired) electrons. The van der Waals surface area contributed by atoms with Crippen molar-refractivity contribution in [2.45, 2.75) is 25.9 Å². The van der Waals surface area contributed by atoms with Crippen LogP contribution in [0.1, 0.15) is 19.8 Å². The van der Waals surface area contributed by atoms with E-state index in [4.69, 9.17) is 9.47 Å². The van der Waals surface area contributed by atoms with E-state index in [1.54, 1.807) is 0 Å². The molecule has 1 aliphatic rings. The van der Waals surface area contributed by atoms with E-state index in [0.29, 0.717) is 6.61 Å². The summed E-state index contributed by atoms with van der Waals surface area (Å²) in [5.41, 5.74) is 0.780. The molecule has 4 nitrogen and oxygen atoms in total. The fourth-order valence-corrected chi connectivity index (χ4v) is 1.80. The Morgan fingerprint density at radius 1 is 1.47 bits per heavy atom. The number of amides is 1. The quantitative estimate of drug-likeness (QED) is 0.870. The molecule has 0 aliphatic carbocycles. The summed E-state index contributed by atoms with van der Waals surface area (Å²) in [5, 5.41) is 2.71. The monoisotopic (exact) mass is 235 g/mol. The minimum Gasteiger partial charge on any atom is -0.491 e. The maximum absolute atomic E-state index is 10.8. The predicted molar refractivity (Wildman–Crippen MR) is 65.2 cm³/mol. The Hall–Kier alpha value is -1.55. The van der Waals surface area contributed by atoms with Gasteiger partial charge in [-0.25, -0.2) is 0 Å². The van der Waals surface area contributed by atoms with E-state index in [1.807, 2.05) is 24.3 Å². The smallest absolute Gasteiger partial charge is 0.221 e. The minimum atomic E-state index is -0.0713. The van der Waals surface area contributed by atoms with Crippen LogP contribution in [-0.2, 0) is 9.53 Å². The molecule has 4 heteroatoms. The molecule has 17 heavy (non-hydrogen) atoms. The maximum Gasteiger partial charge on any atom is 0.221 e. The zero-order valence-corrected chi connectivity index (χ0v) is 9.94. The van der Waals surface area contributed by atoms with E-state index >= 15 is 0 Å².